The van der Waals surface area contributed by atoms with Gasteiger partial charge in [-0.2, -0.15) is 0 Å². The Balaban J connectivity index is 2.59. The van der Waals surface area contributed by atoms with Crippen molar-refractivity contribution in [2.45, 2.75) is 6.42 Å². The van der Waals surface area contributed by atoms with Gasteiger partial charge in [-0.3, -0.25) is 10.1 Å². The van der Waals surface area contributed by atoms with Crippen LogP contribution in [-0.2, 0) is 0 Å². The lowest BCUT2D eigenvalue weighted by Gasteiger charge is -2.10. The van der Waals surface area contributed by atoms with E-state index in [0.29, 0.717) is 29.6 Å². The average molecular weight is 282 g/mol. The van der Waals surface area contributed by atoms with Crippen molar-refractivity contribution >= 4 is 33.9 Å². The molecule has 2 N–H and O–H groups in total. The standard InChI is InChI=1S/C12H12ClN3O3/c13-12-11(16(18)19)10(14-6-3-7-17)8-4-1-2-5-9(8)15-12/h1-2,4-5,17H,3,6-7H2,(H,14,15). The number of aliphatic hydroxyl groups is 1. The zero-order chi connectivity index (χ0) is 13.8. The first-order chi connectivity index (χ1) is 9.15. The van der Waals surface area contributed by atoms with Crippen LogP contribution in [0.3, 0.4) is 0 Å². The van der Waals surface area contributed by atoms with Crippen LogP contribution in [0.25, 0.3) is 10.9 Å². The van der Waals surface area contributed by atoms with Crippen molar-refractivity contribution in [2.75, 3.05) is 18.5 Å². The third-order valence-electron chi connectivity index (χ3n) is 2.64. The Morgan fingerprint density at radius 2 is 2.16 bits per heavy atom. The maximum Gasteiger partial charge on any atom is 0.329 e. The summed E-state index contributed by atoms with van der Waals surface area (Å²) in [6.45, 7) is 0.430. The Hall–Kier alpha value is -1.92. The summed E-state index contributed by atoms with van der Waals surface area (Å²) < 4.78 is 0. The number of nitro groups is 1. The van der Waals surface area contributed by atoms with E-state index in [2.05, 4.69) is 10.3 Å². The zero-order valence-electron chi connectivity index (χ0n) is 9.97. The first-order valence-corrected chi connectivity index (χ1v) is 6.10. The molecule has 0 atom stereocenters. The molecule has 0 saturated heterocycles. The van der Waals surface area contributed by atoms with Crippen LogP contribution in [0.5, 0.6) is 0 Å². The fraction of sp³-hybridized carbons (Fsp3) is 0.250. The van der Waals surface area contributed by atoms with Crippen LogP contribution in [0.15, 0.2) is 24.3 Å². The number of rotatable bonds is 5. The molecule has 100 valence electrons. The highest BCUT2D eigenvalue weighted by Crippen LogP contribution is 2.37. The van der Waals surface area contributed by atoms with Crippen LogP contribution in [0.2, 0.25) is 5.15 Å². The number of aromatic nitrogens is 1. The van der Waals surface area contributed by atoms with E-state index < -0.39 is 4.92 Å². The van der Waals surface area contributed by atoms with Gasteiger partial charge in [-0.15, -0.1) is 0 Å². The minimum atomic E-state index is -0.553. The van der Waals surface area contributed by atoms with Gasteiger partial charge in [0.2, 0.25) is 5.15 Å². The van der Waals surface area contributed by atoms with Crippen molar-refractivity contribution in [1.29, 1.82) is 0 Å². The lowest BCUT2D eigenvalue weighted by Crippen LogP contribution is -2.07. The number of pyridine rings is 1. The van der Waals surface area contributed by atoms with Gasteiger partial charge in [-0.05, 0) is 12.5 Å². The van der Waals surface area contributed by atoms with Gasteiger partial charge in [0.1, 0.15) is 5.69 Å². The number of hydrogen-bond donors (Lipinski definition) is 2. The largest absolute Gasteiger partial charge is 0.396 e. The summed E-state index contributed by atoms with van der Waals surface area (Å²) >= 11 is 5.87. The van der Waals surface area contributed by atoms with E-state index in [1.54, 1.807) is 24.3 Å². The van der Waals surface area contributed by atoms with Crippen LogP contribution in [0.4, 0.5) is 11.4 Å². The minimum Gasteiger partial charge on any atom is -0.396 e. The van der Waals surface area contributed by atoms with E-state index in [4.69, 9.17) is 16.7 Å². The van der Waals surface area contributed by atoms with Crippen molar-refractivity contribution in [3.05, 3.63) is 39.5 Å². The molecule has 7 heteroatoms. The predicted octanol–water partition coefficient (Wildman–Crippen LogP) is 2.59. The highest BCUT2D eigenvalue weighted by Gasteiger charge is 2.23. The number of fused-ring (bicyclic) bond motifs is 1. The van der Waals surface area contributed by atoms with E-state index in [9.17, 15) is 10.1 Å². The van der Waals surface area contributed by atoms with Crippen LogP contribution < -0.4 is 5.32 Å². The number of nitrogens with one attached hydrogen (secondary N) is 1. The van der Waals surface area contributed by atoms with Gasteiger partial charge in [0.15, 0.2) is 0 Å². The number of anilines is 1. The quantitative estimate of drug-likeness (QED) is 0.381. The lowest BCUT2D eigenvalue weighted by atomic mass is 10.1. The maximum absolute atomic E-state index is 11.1. The van der Waals surface area contributed by atoms with E-state index in [1.165, 1.54) is 0 Å². The molecule has 1 aromatic carbocycles. The molecule has 0 amide bonds. The molecule has 0 aliphatic heterocycles. The normalized spacial score (nSPS) is 10.6. The average Bonchev–Trinajstić information content (AvgIpc) is 2.38. The SMILES string of the molecule is O=[N+]([O-])c1c(Cl)nc2ccccc2c1NCCCO. The van der Waals surface area contributed by atoms with Crippen molar-refractivity contribution in [3.8, 4) is 0 Å². The molecule has 1 aromatic heterocycles. The van der Waals surface area contributed by atoms with Gasteiger partial charge in [0.05, 0.1) is 10.4 Å². The zero-order valence-corrected chi connectivity index (χ0v) is 10.7. The molecule has 6 nitrogen and oxygen atoms in total. The summed E-state index contributed by atoms with van der Waals surface area (Å²) in [6.07, 6.45) is 0.491. The summed E-state index contributed by atoms with van der Waals surface area (Å²) in [5.41, 5.74) is 0.692. The molecule has 0 aliphatic rings. The number of benzene rings is 1. The number of hydrogen-bond acceptors (Lipinski definition) is 5. The van der Waals surface area contributed by atoms with Crippen LogP contribution in [0.1, 0.15) is 6.42 Å². The second-order valence-electron chi connectivity index (χ2n) is 3.90. The molecule has 0 unspecified atom stereocenters. The Labute approximate surface area is 114 Å². The van der Waals surface area contributed by atoms with E-state index >= 15 is 0 Å². The van der Waals surface area contributed by atoms with Crippen molar-refractivity contribution in [1.82, 2.24) is 4.98 Å². The summed E-state index contributed by atoms with van der Waals surface area (Å²) in [7, 11) is 0. The molecule has 0 bridgehead atoms. The van der Waals surface area contributed by atoms with Crippen LogP contribution in [0, 0.1) is 10.1 Å². The predicted molar refractivity (Wildman–Crippen MR) is 73.6 cm³/mol. The van der Waals surface area contributed by atoms with E-state index in [0.717, 1.165) is 0 Å². The molecule has 0 radical (unpaired) electrons. The van der Waals surface area contributed by atoms with Gasteiger partial charge >= 0.3 is 5.69 Å². The second kappa shape index (κ2) is 5.81. The van der Waals surface area contributed by atoms with E-state index in [-0.39, 0.29) is 17.4 Å². The Morgan fingerprint density at radius 3 is 2.84 bits per heavy atom. The lowest BCUT2D eigenvalue weighted by molar-refractivity contribution is -0.384. The van der Waals surface area contributed by atoms with Crippen molar-refractivity contribution in [2.24, 2.45) is 0 Å². The molecule has 2 aromatic rings. The fourth-order valence-electron chi connectivity index (χ4n) is 1.81. The smallest absolute Gasteiger partial charge is 0.329 e. The Kier molecular flexibility index (Phi) is 4.13. The van der Waals surface area contributed by atoms with Gasteiger partial charge in [-0.1, -0.05) is 29.8 Å². The van der Waals surface area contributed by atoms with Crippen molar-refractivity contribution in [3.63, 3.8) is 0 Å². The summed E-state index contributed by atoms with van der Waals surface area (Å²) in [4.78, 5) is 14.6. The van der Waals surface area contributed by atoms with Gasteiger partial charge in [0, 0.05) is 18.5 Å². The molecule has 0 spiro atoms. The molecule has 0 saturated carbocycles. The monoisotopic (exact) mass is 281 g/mol. The maximum atomic E-state index is 11.1. The molecule has 1 heterocycles. The summed E-state index contributed by atoms with van der Waals surface area (Å²) in [5, 5.41) is 23.3. The second-order valence-corrected chi connectivity index (χ2v) is 4.26. The van der Waals surface area contributed by atoms with E-state index in [1.807, 2.05) is 0 Å². The first kappa shape index (κ1) is 13.5. The molecule has 19 heavy (non-hydrogen) atoms. The molecular weight excluding hydrogens is 270 g/mol. The third-order valence-corrected chi connectivity index (χ3v) is 2.91. The van der Waals surface area contributed by atoms with Crippen LogP contribution in [-0.4, -0.2) is 28.2 Å². The highest BCUT2D eigenvalue weighted by molar-refractivity contribution is 6.33. The van der Waals surface area contributed by atoms with Crippen LogP contribution >= 0.6 is 11.6 Å². The van der Waals surface area contributed by atoms with Crippen molar-refractivity contribution < 1.29 is 10.0 Å². The summed E-state index contributed by atoms with van der Waals surface area (Å²) in [5.74, 6) is 0. The third kappa shape index (κ3) is 2.74. The number of halogens is 1. The van der Waals surface area contributed by atoms with Gasteiger partial charge < -0.3 is 10.4 Å². The number of para-hydroxylation sites is 1. The van der Waals surface area contributed by atoms with Gasteiger partial charge in [-0.25, -0.2) is 4.98 Å². The molecule has 0 aliphatic carbocycles. The highest BCUT2D eigenvalue weighted by atomic mass is 35.5. The first-order valence-electron chi connectivity index (χ1n) is 5.72. The molecule has 2 rings (SSSR count). The number of nitrogens with zero attached hydrogens (tertiary/aromatic N) is 2. The minimum absolute atomic E-state index is 0.0115. The Bertz CT molecular complexity index is 618. The molecular formula is C12H12ClN3O3. The topological polar surface area (TPSA) is 88.3 Å². The fourth-order valence-corrected chi connectivity index (χ4v) is 2.06. The Morgan fingerprint density at radius 1 is 1.42 bits per heavy atom. The number of aliphatic hydroxyl groups excluding tert-OH is 1. The molecule has 0 fully saturated rings. The summed E-state index contributed by atoms with van der Waals surface area (Å²) in [6, 6.07) is 7.04. The van der Waals surface area contributed by atoms with Gasteiger partial charge in [0.25, 0.3) is 0 Å².